The molecular weight excluding hydrogens is 395 g/mol. The van der Waals surface area contributed by atoms with Crippen molar-refractivity contribution in [2.24, 2.45) is 17.3 Å². The number of aromatic carboxylic acids is 1. The number of carboxylic acids is 1. The first-order valence-electron chi connectivity index (χ1n) is 11.9. The van der Waals surface area contributed by atoms with Crippen LogP contribution in [0.15, 0.2) is 24.3 Å². The average molecular weight is 431 g/mol. The van der Waals surface area contributed by atoms with E-state index in [-0.39, 0.29) is 28.9 Å². The van der Waals surface area contributed by atoms with Crippen LogP contribution in [0.4, 0.5) is 4.39 Å². The van der Waals surface area contributed by atoms with Crippen LogP contribution in [0, 0.1) is 24.2 Å². The first-order valence-corrected chi connectivity index (χ1v) is 11.9. The standard InChI is InChI=1S/C26H35FO4/c1-3-4-12-26(13-5-14-26)23(28)11-10-19-20-9-7-17-6-8-18(25(29)30)16(2)24(17)31-22(20)15-21(19)27/h6,8,10-11,19-23,28H,3-5,7,9,12-15H2,1-2H3,(H,29,30)/b11-10+/t19-,20-,21-,22+,23?/m1/s1. The maximum Gasteiger partial charge on any atom is 0.336 e. The molecule has 1 aliphatic heterocycles. The fourth-order valence-corrected chi connectivity index (χ4v) is 5.95. The largest absolute Gasteiger partial charge is 0.489 e. The molecule has 2 fully saturated rings. The number of fused-ring (bicyclic) bond motifs is 2. The predicted octanol–water partition coefficient (Wildman–Crippen LogP) is 5.64. The van der Waals surface area contributed by atoms with E-state index in [0.717, 1.165) is 56.9 Å². The highest BCUT2D eigenvalue weighted by molar-refractivity contribution is 5.90. The van der Waals surface area contributed by atoms with E-state index in [9.17, 15) is 15.0 Å². The quantitative estimate of drug-likeness (QED) is 0.550. The van der Waals surface area contributed by atoms with E-state index >= 15 is 4.39 Å². The van der Waals surface area contributed by atoms with Crippen molar-refractivity contribution in [3.8, 4) is 5.75 Å². The van der Waals surface area contributed by atoms with Gasteiger partial charge in [-0.05, 0) is 56.1 Å². The van der Waals surface area contributed by atoms with E-state index in [0.29, 0.717) is 17.7 Å². The molecule has 2 N–H and O–H groups in total. The lowest BCUT2D eigenvalue weighted by Gasteiger charge is -2.45. The van der Waals surface area contributed by atoms with Gasteiger partial charge in [-0.2, -0.15) is 0 Å². The van der Waals surface area contributed by atoms with Crippen molar-refractivity contribution in [1.82, 2.24) is 0 Å². The summed E-state index contributed by atoms with van der Waals surface area (Å²) >= 11 is 0. The van der Waals surface area contributed by atoms with Gasteiger partial charge in [-0.15, -0.1) is 0 Å². The molecule has 0 bridgehead atoms. The van der Waals surface area contributed by atoms with Crippen LogP contribution in [-0.4, -0.2) is 34.6 Å². The zero-order chi connectivity index (χ0) is 22.2. The first-order chi connectivity index (χ1) is 14.9. The average Bonchev–Trinajstić information content (AvgIpc) is 2.87. The SMILES string of the molecule is CCCCC1(C(O)/C=C/[C@@H]2[C@H]3CCc4ccc(C(=O)O)c(C)c4O[C@H]3C[C@H]2F)CCC1. The van der Waals surface area contributed by atoms with Gasteiger partial charge in [-0.25, -0.2) is 9.18 Å². The molecule has 1 unspecified atom stereocenters. The van der Waals surface area contributed by atoms with Crippen LogP contribution in [-0.2, 0) is 6.42 Å². The maximum atomic E-state index is 15.0. The summed E-state index contributed by atoms with van der Waals surface area (Å²) in [7, 11) is 0. The first kappa shape index (κ1) is 22.3. The van der Waals surface area contributed by atoms with Gasteiger partial charge in [0.25, 0.3) is 0 Å². The number of unbranched alkanes of at least 4 members (excludes halogenated alkanes) is 1. The summed E-state index contributed by atoms with van der Waals surface area (Å²) in [6.07, 6.45) is 10.4. The lowest BCUT2D eigenvalue weighted by atomic mass is 9.62. The summed E-state index contributed by atoms with van der Waals surface area (Å²) in [5.41, 5.74) is 1.85. The minimum Gasteiger partial charge on any atom is -0.489 e. The smallest absolute Gasteiger partial charge is 0.336 e. The third-order valence-electron chi connectivity index (χ3n) is 8.10. The highest BCUT2D eigenvalue weighted by Gasteiger charge is 2.46. The van der Waals surface area contributed by atoms with Gasteiger partial charge in [0, 0.05) is 23.8 Å². The molecule has 1 aromatic carbocycles. The molecule has 0 aromatic heterocycles. The predicted molar refractivity (Wildman–Crippen MR) is 118 cm³/mol. The van der Waals surface area contributed by atoms with Crippen LogP contribution in [0.1, 0.15) is 79.8 Å². The summed E-state index contributed by atoms with van der Waals surface area (Å²) in [4.78, 5) is 11.5. The number of aliphatic hydroxyl groups is 1. The number of halogens is 1. The van der Waals surface area contributed by atoms with Gasteiger partial charge in [-0.1, -0.05) is 44.4 Å². The summed E-state index contributed by atoms with van der Waals surface area (Å²) in [6.45, 7) is 3.94. The van der Waals surface area contributed by atoms with Crippen molar-refractivity contribution < 1.29 is 24.1 Å². The molecule has 1 heterocycles. The molecule has 4 nitrogen and oxygen atoms in total. The second-order valence-electron chi connectivity index (χ2n) is 9.87. The lowest BCUT2D eigenvalue weighted by molar-refractivity contribution is -0.0144. The van der Waals surface area contributed by atoms with E-state index < -0.39 is 18.2 Å². The van der Waals surface area contributed by atoms with Crippen LogP contribution >= 0.6 is 0 Å². The number of aryl methyl sites for hydroxylation is 1. The Morgan fingerprint density at radius 2 is 2.16 bits per heavy atom. The fraction of sp³-hybridized carbons (Fsp3) is 0.654. The van der Waals surface area contributed by atoms with E-state index in [1.165, 1.54) is 0 Å². The Bertz CT molecular complexity index is 844. The number of ether oxygens (including phenoxy) is 1. The second-order valence-corrected chi connectivity index (χ2v) is 9.87. The van der Waals surface area contributed by atoms with E-state index in [1.54, 1.807) is 13.0 Å². The highest BCUT2D eigenvalue weighted by Crippen LogP contribution is 2.49. The Kier molecular flexibility index (Phi) is 6.43. The number of benzene rings is 1. The number of carboxylic acid groups (broad SMARTS) is 1. The van der Waals surface area contributed by atoms with Crippen molar-refractivity contribution in [2.75, 3.05) is 0 Å². The molecule has 1 aromatic rings. The molecule has 0 saturated heterocycles. The van der Waals surface area contributed by atoms with Gasteiger partial charge < -0.3 is 14.9 Å². The molecule has 170 valence electrons. The van der Waals surface area contributed by atoms with Gasteiger partial charge in [0.2, 0.25) is 0 Å². The fourth-order valence-electron chi connectivity index (χ4n) is 5.95. The van der Waals surface area contributed by atoms with Gasteiger partial charge in [0.05, 0.1) is 11.7 Å². The zero-order valence-corrected chi connectivity index (χ0v) is 18.6. The van der Waals surface area contributed by atoms with Crippen LogP contribution in [0.2, 0.25) is 0 Å². The number of carbonyl (C=O) groups is 1. The normalized spacial score (nSPS) is 30.1. The van der Waals surface area contributed by atoms with Crippen LogP contribution in [0.3, 0.4) is 0 Å². The molecule has 0 amide bonds. The molecule has 2 saturated carbocycles. The summed E-state index contributed by atoms with van der Waals surface area (Å²) in [6, 6.07) is 3.48. The Labute approximate surface area is 184 Å². The van der Waals surface area contributed by atoms with Crippen LogP contribution in [0.25, 0.3) is 0 Å². The maximum absolute atomic E-state index is 15.0. The van der Waals surface area contributed by atoms with Crippen molar-refractivity contribution in [2.45, 2.75) is 90.0 Å². The molecule has 0 radical (unpaired) electrons. The molecule has 3 aliphatic rings. The summed E-state index contributed by atoms with van der Waals surface area (Å²) < 4.78 is 21.3. The highest BCUT2D eigenvalue weighted by atomic mass is 19.1. The van der Waals surface area contributed by atoms with E-state index in [4.69, 9.17) is 4.74 Å². The van der Waals surface area contributed by atoms with E-state index in [1.807, 2.05) is 18.2 Å². The van der Waals surface area contributed by atoms with Gasteiger partial charge in [0.15, 0.2) is 0 Å². The molecule has 5 heteroatoms. The summed E-state index contributed by atoms with van der Waals surface area (Å²) in [5.74, 6) is -0.581. The van der Waals surface area contributed by atoms with Crippen molar-refractivity contribution in [3.63, 3.8) is 0 Å². The lowest BCUT2D eigenvalue weighted by Crippen LogP contribution is -2.40. The molecule has 4 rings (SSSR count). The Morgan fingerprint density at radius 3 is 2.81 bits per heavy atom. The van der Waals surface area contributed by atoms with Gasteiger partial charge in [-0.3, -0.25) is 0 Å². The van der Waals surface area contributed by atoms with Crippen LogP contribution < -0.4 is 4.74 Å². The number of aliphatic hydroxyl groups excluding tert-OH is 1. The third kappa shape index (κ3) is 4.13. The zero-order valence-electron chi connectivity index (χ0n) is 18.6. The molecular formula is C26H35FO4. The van der Waals surface area contributed by atoms with Crippen molar-refractivity contribution in [3.05, 3.63) is 41.0 Å². The molecule has 2 aliphatic carbocycles. The molecule has 5 atom stereocenters. The number of allylic oxidation sites excluding steroid dienone is 1. The topological polar surface area (TPSA) is 66.8 Å². The van der Waals surface area contributed by atoms with Gasteiger partial charge >= 0.3 is 5.97 Å². The van der Waals surface area contributed by atoms with Crippen molar-refractivity contribution >= 4 is 5.97 Å². The number of rotatable bonds is 7. The minimum atomic E-state index is -1.00. The Balaban J connectivity index is 1.50. The minimum absolute atomic E-state index is 0.0170. The monoisotopic (exact) mass is 430 g/mol. The van der Waals surface area contributed by atoms with Gasteiger partial charge in [0.1, 0.15) is 18.0 Å². The Hall–Kier alpha value is -1.88. The molecule has 31 heavy (non-hydrogen) atoms. The van der Waals surface area contributed by atoms with E-state index in [2.05, 4.69) is 6.92 Å². The summed E-state index contributed by atoms with van der Waals surface area (Å²) in [5, 5.41) is 20.3. The third-order valence-corrected chi connectivity index (χ3v) is 8.10. The van der Waals surface area contributed by atoms with Crippen LogP contribution in [0.5, 0.6) is 5.75 Å². The van der Waals surface area contributed by atoms with Crippen molar-refractivity contribution in [1.29, 1.82) is 0 Å². The number of hydrogen-bond donors (Lipinski definition) is 2. The molecule has 0 spiro atoms. The Morgan fingerprint density at radius 1 is 1.39 bits per heavy atom. The number of hydrogen-bond acceptors (Lipinski definition) is 3. The number of alkyl halides is 1. The second kappa shape index (κ2) is 8.93.